The Morgan fingerprint density at radius 3 is 0.888 bits per heavy atom. The molecule has 0 aliphatic carbocycles. The van der Waals surface area contributed by atoms with Crippen molar-refractivity contribution in [1.82, 2.24) is 0 Å². The molecule has 0 bridgehead atoms. The lowest BCUT2D eigenvalue weighted by atomic mass is 9.95. The number of carbonyl (C=O) groups is 2. The van der Waals surface area contributed by atoms with E-state index in [-0.39, 0.29) is 23.9 Å². The number of carboxylic acids is 2. The van der Waals surface area contributed by atoms with Crippen LogP contribution in [0, 0.1) is 0 Å². The first kappa shape index (κ1) is 74.6. The van der Waals surface area contributed by atoms with Crippen LogP contribution in [-0.4, -0.2) is 408 Å². The number of nitrogens with two attached hydrogens (primary N) is 2. The fourth-order valence-corrected chi connectivity index (χ4v) is 12.8. The van der Waals surface area contributed by atoms with Crippen molar-refractivity contribution in [2.45, 2.75) is 221 Å². The van der Waals surface area contributed by atoms with E-state index in [0.717, 1.165) is 23.5 Å². The van der Waals surface area contributed by atoms with E-state index in [1.807, 2.05) is 0 Å². The highest BCUT2D eigenvalue weighted by Gasteiger charge is 2.58. The fourth-order valence-electron chi connectivity index (χ4n) is 10.7. The Kier molecular flexibility index (Phi) is 27.9. The SMILES string of the molecule is N[C@H](CSCC1O[C@@H](O[C@@H]2C(CO)O[C@H](O[C@@H]3C(CO)O[C@H](O[C@@H]4C(CO)OCC(O)[C@H]4O)C(O)[C@H]3O)[C@@H](O)C2O)[C@@H](O)C(O)[C@@H]1O[C@@H]1OC(CO)[C@@H](O[C@@H]2OC(CO)[C@@H](O[C@H]3OC(CSC[C@@H](N)C(=O)O)[C@@H](O)[C@H](O)C3O)[C@H](O)C2O)C(O)[C@@H]1O)C(=O)O. The number of thioether (sulfide) groups is 2. The molecule has 89 heavy (non-hydrogen) atoms. The molecule has 7 heterocycles. The Bertz CT molecular complexity index is 2180. The molecule has 0 aromatic heterocycles. The number of hydrogen-bond donors (Lipinski definition) is 24. The Hall–Kier alpha value is -1.76. The molecule has 7 rings (SSSR count). The van der Waals surface area contributed by atoms with Crippen LogP contribution in [0.2, 0.25) is 0 Å². The Morgan fingerprint density at radius 1 is 0.348 bits per heavy atom. The molecule has 518 valence electrons. The molecule has 0 spiro atoms. The molecule has 36 atom stereocenters. The van der Waals surface area contributed by atoms with E-state index in [9.17, 15) is 117 Å². The zero-order valence-corrected chi connectivity index (χ0v) is 48.4. The average molecular weight is 1340 g/mol. The third kappa shape index (κ3) is 17.1. The predicted octanol–water partition coefficient (Wildman–Crippen LogP) is -15.3. The molecule has 0 aromatic carbocycles. The van der Waals surface area contributed by atoms with E-state index in [0.29, 0.717) is 0 Å². The van der Waals surface area contributed by atoms with Gasteiger partial charge in [0.1, 0.15) is 171 Å². The maximum atomic E-state index is 11.7. The quantitative estimate of drug-likeness (QED) is 0.0363. The van der Waals surface area contributed by atoms with Gasteiger partial charge in [-0.2, -0.15) is 23.5 Å². The third-order valence-corrected chi connectivity index (χ3v) is 18.2. The molecule has 41 heteroatoms. The van der Waals surface area contributed by atoms with E-state index in [1.54, 1.807) is 0 Å². The van der Waals surface area contributed by atoms with Crippen molar-refractivity contribution in [1.29, 1.82) is 0 Å². The van der Waals surface area contributed by atoms with E-state index < -0.39 is 271 Å². The number of aliphatic hydroxyl groups excluding tert-OH is 20. The maximum absolute atomic E-state index is 11.7. The lowest BCUT2D eigenvalue weighted by Gasteiger charge is -2.50. The van der Waals surface area contributed by atoms with Crippen molar-refractivity contribution in [2.75, 3.05) is 62.7 Å². The minimum Gasteiger partial charge on any atom is -0.480 e. The van der Waals surface area contributed by atoms with Crippen molar-refractivity contribution >= 4 is 35.5 Å². The standard InChI is InChI=1S/C48H82N2O37S2/c49-11(41(71)72)7-88-9-19-22(58)23(59)29(65)43(80-19)83-36-15(2-52)77-45(31(67)25(36)61)85-38-17(4-54)79-47(33(69)27(38)63)87-40-20(10-89-8-12(50)42(73)74)81-48(34(70)28(40)64)86-39-18(5-55)78-46(32(68)26(39)62)84-37-16(3-53)76-44(30(66)24(37)60)82-35-14(1-51)75-6-13(56)21(35)57/h11-40,43-48,51-70H,1-10,49-50H2,(H,71,72)(H,73,74)/t11-,12-,13?,14?,15?,16?,17?,18?,19?,20?,21-,22-,23+,24-,25-,26?,27?,28?,29?,30?,31?,32+,33+,34+,35-,36-,37-,38-,39-,40-,43-,44-,45+,46-,47+,48+/m1/s1. The van der Waals surface area contributed by atoms with Crippen molar-refractivity contribution < 1.29 is 184 Å². The summed E-state index contributed by atoms with van der Waals surface area (Å²) in [5.41, 5.74) is 11.2. The van der Waals surface area contributed by atoms with Gasteiger partial charge in [-0.15, -0.1) is 0 Å². The van der Waals surface area contributed by atoms with Crippen molar-refractivity contribution in [2.24, 2.45) is 11.5 Å². The second-order valence-electron chi connectivity index (χ2n) is 22.0. The van der Waals surface area contributed by atoms with E-state index in [1.165, 1.54) is 0 Å². The predicted molar refractivity (Wildman–Crippen MR) is 282 cm³/mol. The van der Waals surface area contributed by atoms with Crippen LogP contribution in [0.1, 0.15) is 0 Å². The van der Waals surface area contributed by atoms with Gasteiger partial charge in [-0.25, -0.2) is 0 Å². The number of carboxylic acid groups (broad SMARTS) is 2. The minimum atomic E-state index is -2.26. The van der Waals surface area contributed by atoms with Crippen LogP contribution in [0.15, 0.2) is 0 Å². The number of ether oxygens (including phenoxy) is 13. The smallest absolute Gasteiger partial charge is 0.321 e. The number of hydrogen-bond acceptors (Lipinski definition) is 39. The van der Waals surface area contributed by atoms with E-state index in [2.05, 4.69) is 0 Å². The highest BCUT2D eigenvalue weighted by atomic mass is 32.2. The lowest BCUT2D eigenvalue weighted by molar-refractivity contribution is -0.395. The lowest BCUT2D eigenvalue weighted by Crippen LogP contribution is -2.68. The van der Waals surface area contributed by atoms with Gasteiger partial charge in [-0.3, -0.25) is 9.59 Å². The van der Waals surface area contributed by atoms with Gasteiger partial charge in [0.25, 0.3) is 0 Å². The Morgan fingerprint density at radius 2 is 0.596 bits per heavy atom. The second kappa shape index (κ2) is 33.3. The average Bonchev–Trinajstić information content (AvgIpc) is 3.65. The van der Waals surface area contributed by atoms with E-state index >= 15 is 0 Å². The summed E-state index contributed by atoms with van der Waals surface area (Å²) in [5, 5.41) is 236. The van der Waals surface area contributed by atoms with Crippen LogP contribution in [0.4, 0.5) is 0 Å². The number of aliphatic hydroxyl groups is 20. The van der Waals surface area contributed by atoms with Crippen LogP contribution in [0.3, 0.4) is 0 Å². The molecule has 39 nitrogen and oxygen atoms in total. The summed E-state index contributed by atoms with van der Waals surface area (Å²) in [6.45, 7) is -5.25. The molecule has 7 aliphatic rings. The minimum absolute atomic E-state index is 0.155. The highest BCUT2D eigenvalue weighted by Crippen LogP contribution is 2.38. The zero-order chi connectivity index (χ0) is 65.6. The van der Waals surface area contributed by atoms with Crippen LogP contribution in [0.5, 0.6) is 0 Å². The summed E-state index contributed by atoms with van der Waals surface area (Å²) in [4.78, 5) is 22.7. The monoisotopic (exact) mass is 1340 g/mol. The Labute approximate surface area is 512 Å². The van der Waals surface area contributed by atoms with Crippen LogP contribution in [0.25, 0.3) is 0 Å². The fraction of sp³-hybridized carbons (Fsp3) is 0.958. The van der Waals surface area contributed by atoms with Gasteiger partial charge in [-0.05, 0) is 0 Å². The molecule has 7 aliphatic heterocycles. The first-order valence-electron chi connectivity index (χ1n) is 28.0. The van der Waals surface area contributed by atoms with E-state index in [4.69, 9.17) is 78.2 Å². The molecule has 14 unspecified atom stereocenters. The van der Waals surface area contributed by atoms with Crippen molar-refractivity contribution in [3.63, 3.8) is 0 Å². The molecule has 7 saturated heterocycles. The summed E-state index contributed by atoms with van der Waals surface area (Å²) in [6.07, 6.45) is -64.6. The number of aliphatic carboxylic acids is 2. The summed E-state index contributed by atoms with van der Waals surface area (Å²) < 4.78 is 74.1. The van der Waals surface area contributed by atoms with Gasteiger partial charge in [0.05, 0.1) is 51.8 Å². The summed E-state index contributed by atoms with van der Waals surface area (Å²) in [7, 11) is 0. The van der Waals surface area contributed by atoms with Gasteiger partial charge in [0.2, 0.25) is 0 Å². The molecular weight excluding hydrogens is 1260 g/mol. The Balaban J connectivity index is 0.993. The topological polar surface area (TPSA) is 651 Å². The van der Waals surface area contributed by atoms with Crippen LogP contribution < -0.4 is 11.5 Å². The molecule has 0 amide bonds. The third-order valence-electron chi connectivity index (χ3n) is 15.9. The summed E-state index contributed by atoms with van der Waals surface area (Å²) in [5.74, 6) is -3.81. The maximum Gasteiger partial charge on any atom is 0.321 e. The molecule has 0 saturated carbocycles. The first-order valence-corrected chi connectivity index (χ1v) is 30.3. The van der Waals surface area contributed by atoms with Gasteiger partial charge in [-0.1, -0.05) is 0 Å². The van der Waals surface area contributed by atoms with Gasteiger partial charge in [0.15, 0.2) is 37.7 Å². The molecule has 7 fully saturated rings. The zero-order valence-electron chi connectivity index (χ0n) is 46.8. The summed E-state index contributed by atoms with van der Waals surface area (Å²) >= 11 is 1.70. The van der Waals surface area contributed by atoms with Gasteiger partial charge in [0, 0.05) is 23.0 Å². The van der Waals surface area contributed by atoms with Crippen molar-refractivity contribution in [3.05, 3.63) is 0 Å². The molecule has 0 radical (unpaired) electrons. The normalized spacial score (nSPS) is 48.2. The second-order valence-corrected chi connectivity index (χ2v) is 24.2. The van der Waals surface area contributed by atoms with Gasteiger partial charge >= 0.3 is 11.9 Å². The first-order chi connectivity index (χ1) is 42.1. The molecular formula is C48H82N2O37S2. The highest BCUT2D eigenvalue weighted by molar-refractivity contribution is 7.99. The van der Waals surface area contributed by atoms with Crippen LogP contribution in [-0.2, 0) is 71.2 Å². The van der Waals surface area contributed by atoms with Gasteiger partial charge < -0.3 is 185 Å². The number of rotatable bonds is 27. The van der Waals surface area contributed by atoms with Crippen LogP contribution >= 0.6 is 23.5 Å². The molecule has 26 N–H and O–H groups in total. The summed E-state index contributed by atoms with van der Waals surface area (Å²) in [6, 6.07) is -2.78. The largest absolute Gasteiger partial charge is 0.480 e. The molecule has 0 aromatic rings. The van der Waals surface area contributed by atoms with Crippen molar-refractivity contribution in [3.8, 4) is 0 Å².